The van der Waals surface area contributed by atoms with Gasteiger partial charge in [-0.05, 0) is 31.5 Å². The van der Waals surface area contributed by atoms with Crippen LogP contribution in [0.2, 0.25) is 0 Å². The Balaban J connectivity index is 2.16. The zero-order valence-corrected chi connectivity index (χ0v) is 16.6. The number of fused-ring (bicyclic) bond motifs is 1. The zero-order chi connectivity index (χ0) is 19.6. The van der Waals surface area contributed by atoms with Crippen LogP contribution < -0.4 is 9.47 Å². The number of carbonyl (C=O) groups is 2. The number of nitrogens with zero attached hydrogens (tertiary/aromatic N) is 2. The molecule has 7 nitrogen and oxygen atoms in total. The van der Waals surface area contributed by atoms with Crippen molar-refractivity contribution in [3.8, 4) is 11.5 Å². The number of methoxy groups -OCH3 is 2. The van der Waals surface area contributed by atoms with Crippen LogP contribution in [-0.2, 0) is 14.3 Å². The van der Waals surface area contributed by atoms with E-state index in [9.17, 15) is 9.59 Å². The van der Waals surface area contributed by atoms with E-state index in [4.69, 9.17) is 14.2 Å². The maximum Gasteiger partial charge on any atom is 0.338 e. The fourth-order valence-electron chi connectivity index (χ4n) is 3.20. The monoisotopic (exact) mass is 390 g/mol. The van der Waals surface area contributed by atoms with Gasteiger partial charge in [-0.15, -0.1) is 0 Å². The highest BCUT2D eigenvalue weighted by Gasteiger charge is 2.41. The fourth-order valence-corrected chi connectivity index (χ4v) is 4.21. The molecule has 1 atom stereocenters. The van der Waals surface area contributed by atoms with E-state index in [0.29, 0.717) is 40.1 Å². The highest BCUT2D eigenvalue weighted by atomic mass is 32.2. The second kappa shape index (κ2) is 8.04. The molecule has 0 bridgehead atoms. The van der Waals surface area contributed by atoms with Crippen molar-refractivity contribution in [2.45, 2.75) is 26.3 Å². The molecule has 27 heavy (non-hydrogen) atoms. The first-order valence-electron chi connectivity index (χ1n) is 8.65. The Morgan fingerprint density at radius 2 is 2.04 bits per heavy atom. The van der Waals surface area contributed by atoms with Crippen LogP contribution in [-0.4, -0.2) is 48.5 Å². The van der Waals surface area contributed by atoms with Crippen molar-refractivity contribution >= 4 is 28.8 Å². The van der Waals surface area contributed by atoms with Gasteiger partial charge in [0.05, 0.1) is 38.1 Å². The topological polar surface area (TPSA) is 77.4 Å². The lowest BCUT2D eigenvalue weighted by Gasteiger charge is -2.39. The van der Waals surface area contributed by atoms with E-state index in [1.807, 2.05) is 6.07 Å². The molecular formula is C19H22N2O5S. The third-order valence-electron chi connectivity index (χ3n) is 4.43. The Morgan fingerprint density at radius 3 is 2.70 bits per heavy atom. The SMILES string of the molecule is CCOC(=O)C1=C(C)N=C2SCCC(=O)N2[C@@H]1c1ccc(OC)c(OC)c1. The number of hydrogen-bond donors (Lipinski definition) is 0. The molecule has 0 aliphatic carbocycles. The summed E-state index contributed by atoms with van der Waals surface area (Å²) in [4.78, 5) is 31.5. The van der Waals surface area contributed by atoms with Crippen molar-refractivity contribution < 1.29 is 23.8 Å². The van der Waals surface area contributed by atoms with Gasteiger partial charge in [-0.1, -0.05) is 17.8 Å². The molecule has 2 heterocycles. The molecule has 0 N–H and O–H groups in total. The summed E-state index contributed by atoms with van der Waals surface area (Å²) in [5.74, 6) is 1.23. The van der Waals surface area contributed by atoms with Crippen molar-refractivity contribution in [3.05, 3.63) is 35.0 Å². The van der Waals surface area contributed by atoms with Crippen LogP contribution in [0.15, 0.2) is 34.5 Å². The first-order chi connectivity index (χ1) is 13.0. The Bertz CT molecular complexity index is 833. The number of amides is 1. The Morgan fingerprint density at radius 1 is 1.30 bits per heavy atom. The van der Waals surface area contributed by atoms with Gasteiger partial charge in [0.15, 0.2) is 16.7 Å². The summed E-state index contributed by atoms with van der Waals surface area (Å²) in [6.45, 7) is 3.76. The van der Waals surface area contributed by atoms with E-state index in [-0.39, 0.29) is 12.5 Å². The Hall–Kier alpha value is -2.48. The van der Waals surface area contributed by atoms with Gasteiger partial charge in [0.25, 0.3) is 0 Å². The van der Waals surface area contributed by atoms with Gasteiger partial charge < -0.3 is 14.2 Å². The number of esters is 1. The van der Waals surface area contributed by atoms with E-state index in [0.717, 1.165) is 5.56 Å². The molecule has 1 amide bonds. The summed E-state index contributed by atoms with van der Waals surface area (Å²) in [5, 5.41) is 0.608. The second-order valence-corrected chi connectivity index (χ2v) is 7.06. The second-order valence-electron chi connectivity index (χ2n) is 5.99. The molecule has 1 fully saturated rings. The molecule has 8 heteroatoms. The average Bonchev–Trinajstić information content (AvgIpc) is 2.66. The molecule has 0 spiro atoms. The molecule has 3 rings (SSSR count). The maximum absolute atomic E-state index is 12.7. The summed E-state index contributed by atoms with van der Waals surface area (Å²) in [5.41, 5.74) is 1.66. The van der Waals surface area contributed by atoms with Crippen molar-refractivity contribution in [1.29, 1.82) is 0 Å². The predicted molar refractivity (Wildman–Crippen MR) is 103 cm³/mol. The van der Waals surface area contributed by atoms with Crippen molar-refractivity contribution in [3.63, 3.8) is 0 Å². The number of aliphatic imine (C=N–C) groups is 1. The molecule has 0 unspecified atom stereocenters. The average molecular weight is 390 g/mol. The Kier molecular flexibility index (Phi) is 5.74. The van der Waals surface area contributed by atoms with Crippen LogP contribution in [0.1, 0.15) is 31.9 Å². The smallest absolute Gasteiger partial charge is 0.338 e. The van der Waals surface area contributed by atoms with Crippen LogP contribution in [0.25, 0.3) is 0 Å². The van der Waals surface area contributed by atoms with Crippen LogP contribution in [0, 0.1) is 0 Å². The molecule has 2 aliphatic rings. The molecule has 0 radical (unpaired) electrons. The summed E-state index contributed by atoms with van der Waals surface area (Å²) in [6, 6.07) is 4.76. The van der Waals surface area contributed by atoms with E-state index in [1.54, 1.807) is 45.1 Å². The minimum absolute atomic E-state index is 0.0680. The molecule has 1 aromatic carbocycles. The fraction of sp³-hybridized carbons (Fsp3) is 0.421. The quantitative estimate of drug-likeness (QED) is 0.720. The van der Waals surface area contributed by atoms with Crippen molar-refractivity contribution in [2.75, 3.05) is 26.6 Å². The Labute approximate surface area is 162 Å². The molecule has 1 saturated heterocycles. The zero-order valence-electron chi connectivity index (χ0n) is 15.8. The number of allylic oxidation sites excluding steroid dienone is 1. The number of ether oxygens (including phenoxy) is 3. The van der Waals surface area contributed by atoms with Gasteiger partial charge >= 0.3 is 5.97 Å². The van der Waals surface area contributed by atoms with Crippen LogP contribution in [0.4, 0.5) is 0 Å². The van der Waals surface area contributed by atoms with Gasteiger partial charge in [0.1, 0.15) is 0 Å². The molecule has 1 aromatic rings. The largest absolute Gasteiger partial charge is 0.493 e. The first kappa shape index (κ1) is 19.3. The van der Waals surface area contributed by atoms with E-state index >= 15 is 0 Å². The normalized spacial score (nSPS) is 19.4. The van der Waals surface area contributed by atoms with E-state index in [2.05, 4.69) is 4.99 Å². The molecule has 0 aromatic heterocycles. The third-order valence-corrected chi connectivity index (χ3v) is 5.38. The van der Waals surface area contributed by atoms with Crippen molar-refractivity contribution in [1.82, 2.24) is 4.90 Å². The van der Waals surface area contributed by atoms with Crippen LogP contribution >= 0.6 is 11.8 Å². The van der Waals surface area contributed by atoms with Gasteiger partial charge in [-0.25, -0.2) is 9.79 Å². The highest BCUT2D eigenvalue weighted by molar-refractivity contribution is 8.14. The van der Waals surface area contributed by atoms with E-state index < -0.39 is 12.0 Å². The lowest BCUT2D eigenvalue weighted by atomic mass is 9.94. The van der Waals surface area contributed by atoms with Crippen LogP contribution in [0.3, 0.4) is 0 Å². The van der Waals surface area contributed by atoms with Crippen LogP contribution in [0.5, 0.6) is 11.5 Å². The number of carbonyl (C=O) groups excluding carboxylic acids is 2. The lowest BCUT2D eigenvalue weighted by Crippen LogP contribution is -2.45. The van der Waals surface area contributed by atoms with Gasteiger partial charge in [0, 0.05) is 12.2 Å². The number of amidine groups is 1. The molecule has 144 valence electrons. The molecule has 2 aliphatic heterocycles. The molecule has 0 saturated carbocycles. The first-order valence-corrected chi connectivity index (χ1v) is 9.63. The van der Waals surface area contributed by atoms with Gasteiger partial charge in [0.2, 0.25) is 5.91 Å². The third kappa shape index (κ3) is 3.53. The summed E-state index contributed by atoms with van der Waals surface area (Å²) < 4.78 is 16.0. The number of hydrogen-bond acceptors (Lipinski definition) is 7. The lowest BCUT2D eigenvalue weighted by molar-refractivity contribution is -0.139. The predicted octanol–water partition coefficient (Wildman–Crippen LogP) is 2.92. The summed E-state index contributed by atoms with van der Waals surface area (Å²) >= 11 is 1.51. The van der Waals surface area contributed by atoms with E-state index in [1.165, 1.54) is 11.8 Å². The molecular weight excluding hydrogens is 368 g/mol. The standard InChI is InChI=1S/C19H22N2O5S/c1-5-26-18(23)16-11(2)20-19-21(15(22)8-9-27-19)17(16)12-6-7-13(24-3)14(10-12)25-4/h6-7,10,17H,5,8-9H2,1-4H3/t17-/m1/s1. The van der Waals surface area contributed by atoms with Crippen molar-refractivity contribution in [2.24, 2.45) is 4.99 Å². The van der Waals surface area contributed by atoms with Gasteiger partial charge in [-0.3, -0.25) is 9.69 Å². The summed E-state index contributed by atoms with van der Waals surface area (Å²) in [6.07, 6.45) is 0.391. The maximum atomic E-state index is 12.7. The minimum atomic E-state index is -0.614. The number of thioether (sulfide) groups is 1. The van der Waals surface area contributed by atoms with Gasteiger partial charge in [-0.2, -0.15) is 0 Å². The number of rotatable bonds is 5. The highest BCUT2D eigenvalue weighted by Crippen LogP contribution is 2.42. The number of benzene rings is 1. The minimum Gasteiger partial charge on any atom is -0.493 e. The summed E-state index contributed by atoms with van der Waals surface area (Å²) in [7, 11) is 3.10.